The van der Waals surface area contributed by atoms with Gasteiger partial charge in [0.05, 0.1) is 35.1 Å². The fourth-order valence-corrected chi connectivity index (χ4v) is 4.13. The van der Waals surface area contributed by atoms with E-state index in [9.17, 15) is 29.3 Å². The Labute approximate surface area is 199 Å². The lowest BCUT2D eigenvalue weighted by Crippen LogP contribution is -2.31. The standard InChI is InChI=1S/C24H21N3O8/c1-34-16-9-10-20(27(32)33)19(12-16)25-21(28)13-35-24(31)14-5-4-6-15(11-14)26-22(29)17-7-2-3-8-18(17)23(26)30/h2-6,9-12,17-18H,7-8,13H2,1H3,(H,25,28)/t17-,18-/m1/s1. The van der Waals surface area contributed by atoms with Gasteiger partial charge in [-0.25, -0.2) is 4.79 Å². The van der Waals surface area contributed by atoms with Crippen molar-refractivity contribution in [2.75, 3.05) is 23.9 Å². The largest absolute Gasteiger partial charge is 0.497 e. The van der Waals surface area contributed by atoms with E-state index in [1.165, 1.54) is 43.5 Å². The molecule has 0 bridgehead atoms. The molecule has 0 radical (unpaired) electrons. The molecule has 1 aliphatic carbocycles. The number of imide groups is 1. The SMILES string of the molecule is COc1ccc([N+](=O)[O-])c(NC(=O)COC(=O)c2cccc(N3C(=O)[C@@H]4CC=CC[C@H]4C3=O)c2)c1. The van der Waals surface area contributed by atoms with Gasteiger partial charge < -0.3 is 14.8 Å². The van der Waals surface area contributed by atoms with E-state index in [-0.39, 0.29) is 34.4 Å². The molecule has 0 aromatic heterocycles. The molecular weight excluding hydrogens is 458 g/mol. The van der Waals surface area contributed by atoms with Crippen LogP contribution in [0.2, 0.25) is 0 Å². The van der Waals surface area contributed by atoms with E-state index in [4.69, 9.17) is 9.47 Å². The van der Waals surface area contributed by atoms with Crippen molar-refractivity contribution in [1.82, 2.24) is 0 Å². The Balaban J connectivity index is 1.42. The summed E-state index contributed by atoms with van der Waals surface area (Å²) in [6, 6.07) is 9.67. The molecule has 1 saturated heterocycles. The number of methoxy groups -OCH3 is 1. The molecular formula is C24H21N3O8. The van der Waals surface area contributed by atoms with Crippen LogP contribution in [0.3, 0.4) is 0 Å². The minimum Gasteiger partial charge on any atom is -0.497 e. The minimum absolute atomic E-state index is 0.0382. The maximum atomic E-state index is 12.8. The zero-order chi connectivity index (χ0) is 25.1. The van der Waals surface area contributed by atoms with Gasteiger partial charge in [-0.1, -0.05) is 18.2 Å². The van der Waals surface area contributed by atoms with Crippen LogP contribution in [0.15, 0.2) is 54.6 Å². The van der Waals surface area contributed by atoms with Gasteiger partial charge in [0.25, 0.3) is 11.6 Å². The highest BCUT2D eigenvalue weighted by Crippen LogP contribution is 2.37. The number of allylic oxidation sites excluding steroid dienone is 2. The predicted octanol–water partition coefficient (Wildman–Crippen LogP) is 2.85. The second kappa shape index (κ2) is 9.75. The molecule has 2 aromatic rings. The summed E-state index contributed by atoms with van der Waals surface area (Å²) in [6.07, 6.45) is 4.76. The number of hydrogen-bond acceptors (Lipinski definition) is 8. The Morgan fingerprint density at radius 3 is 2.40 bits per heavy atom. The number of hydrogen-bond donors (Lipinski definition) is 1. The topological polar surface area (TPSA) is 145 Å². The lowest BCUT2D eigenvalue weighted by Gasteiger charge is -2.15. The van der Waals surface area contributed by atoms with Crippen molar-refractivity contribution in [2.24, 2.45) is 11.8 Å². The molecule has 180 valence electrons. The molecule has 0 unspecified atom stereocenters. The summed E-state index contributed by atoms with van der Waals surface area (Å²) >= 11 is 0. The Morgan fingerprint density at radius 2 is 1.77 bits per heavy atom. The number of nitrogens with zero attached hydrogens (tertiary/aromatic N) is 2. The molecule has 0 spiro atoms. The van der Waals surface area contributed by atoms with Crippen LogP contribution in [0.25, 0.3) is 0 Å². The first-order chi connectivity index (χ1) is 16.8. The number of ether oxygens (including phenoxy) is 2. The molecule has 2 atom stereocenters. The molecule has 1 aliphatic heterocycles. The van der Waals surface area contributed by atoms with Crippen LogP contribution in [0, 0.1) is 22.0 Å². The second-order valence-electron chi connectivity index (χ2n) is 7.98. The molecule has 1 N–H and O–H groups in total. The van der Waals surface area contributed by atoms with Crippen LogP contribution in [0.1, 0.15) is 23.2 Å². The highest BCUT2D eigenvalue weighted by Gasteiger charge is 2.47. The number of rotatable bonds is 7. The third kappa shape index (κ3) is 4.74. The zero-order valence-corrected chi connectivity index (χ0v) is 18.6. The fraction of sp³-hybridized carbons (Fsp3) is 0.250. The number of carbonyl (C=O) groups excluding carboxylic acids is 4. The third-order valence-electron chi connectivity index (χ3n) is 5.86. The van der Waals surface area contributed by atoms with Crippen molar-refractivity contribution in [2.45, 2.75) is 12.8 Å². The zero-order valence-electron chi connectivity index (χ0n) is 18.6. The normalized spacial score (nSPS) is 18.7. The quantitative estimate of drug-likeness (QED) is 0.210. The molecule has 1 heterocycles. The summed E-state index contributed by atoms with van der Waals surface area (Å²) < 4.78 is 10.0. The van der Waals surface area contributed by atoms with E-state index in [2.05, 4.69) is 5.32 Å². The number of amides is 3. The Hall–Kier alpha value is -4.54. The number of nitrogens with one attached hydrogen (secondary N) is 1. The number of nitro benzene ring substituents is 1. The van der Waals surface area contributed by atoms with Crippen molar-refractivity contribution in [3.05, 3.63) is 70.3 Å². The van der Waals surface area contributed by atoms with Gasteiger partial charge in [0.1, 0.15) is 11.4 Å². The maximum Gasteiger partial charge on any atom is 0.338 e. The molecule has 35 heavy (non-hydrogen) atoms. The van der Waals surface area contributed by atoms with E-state index in [0.717, 1.165) is 4.90 Å². The molecule has 2 aromatic carbocycles. The van der Waals surface area contributed by atoms with Gasteiger partial charge in [0.15, 0.2) is 6.61 Å². The smallest absolute Gasteiger partial charge is 0.338 e. The van der Waals surface area contributed by atoms with Gasteiger partial charge in [0, 0.05) is 12.1 Å². The lowest BCUT2D eigenvalue weighted by atomic mass is 9.85. The molecule has 4 rings (SSSR count). The highest BCUT2D eigenvalue weighted by molar-refractivity contribution is 6.22. The molecule has 1 fully saturated rings. The van der Waals surface area contributed by atoms with E-state index >= 15 is 0 Å². The minimum atomic E-state index is -0.861. The summed E-state index contributed by atoms with van der Waals surface area (Å²) in [5.74, 6) is -2.81. The van der Waals surface area contributed by atoms with Gasteiger partial charge in [-0.15, -0.1) is 0 Å². The van der Waals surface area contributed by atoms with Crippen molar-refractivity contribution in [1.29, 1.82) is 0 Å². The van der Waals surface area contributed by atoms with Crippen LogP contribution in [0.5, 0.6) is 5.75 Å². The summed E-state index contributed by atoms with van der Waals surface area (Å²) in [5, 5.41) is 13.5. The first-order valence-corrected chi connectivity index (χ1v) is 10.7. The van der Waals surface area contributed by atoms with Gasteiger partial charge in [-0.2, -0.15) is 0 Å². The van der Waals surface area contributed by atoms with E-state index < -0.39 is 35.2 Å². The summed E-state index contributed by atoms with van der Waals surface area (Å²) in [7, 11) is 1.37. The van der Waals surface area contributed by atoms with Crippen molar-refractivity contribution in [3.63, 3.8) is 0 Å². The van der Waals surface area contributed by atoms with Crippen molar-refractivity contribution >= 4 is 40.8 Å². The van der Waals surface area contributed by atoms with Gasteiger partial charge in [0.2, 0.25) is 11.8 Å². The van der Waals surface area contributed by atoms with Crippen LogP contribution in [-0.4, -0.2) is 42.3 Å². The number of fused-ring (bicyclic) bond motifs is 1. The van der Waals surface area contributed by atoms with Crippen LogP contribution in [0.4, 0.5) is 17.1 Å². The monoisotopic (exact) mass is 479 g/mol. The second-order valence-corrected chi connectivity index (χ2v) is 7.98. The number of esters is 1. The van der Waals surface area contributed by atoms with Crippen LogP contribution >= 0.6 is 0 Å². The Bertz CT molecular complexity index is 1230. The van der Waals surface area contributed by atoms with Gasteiger partial charge in [-0.3, -0.25) is 29.4 Å². The van der Waals surface area contributed by atoms with Crippen LogP contribution < -0.4 is 15.0 Å². The van der Waals surface area contributed by atoms with E-state index in [1.807, 2.05) is 12.2 Å². The molecule has 2 aliphatic rings. The van der Waals surface area contributed by atoms with Crippen molar-refractivity contribution in [3.8, 4) is 5.75 Å². The summed E-state index contributed by atoms with van der Waals surface area (Å²) in [4.78, 5) is 62.0. The Kier molecular flexibility index (Phi) is 6.58. The third-order valence-corrected chi connectivity index (χ3v) is 5.86. The number of anilines is 2. The fourth-order valence-electron chi connectivity index (χ4n) is 4.13. The first kappa shape index (κ1) is 23.6. The summed E-state index contributed by atoms with van der Waals surface area (Å²) in [6.45, 7) is -0.713. The number of benzene rings is 2. The van der Waals surface area contributed by atoms with E-state index in [1.54, 1.807) is 6.07 Å². The predicted molar refractivity (Wildman–Crippen MR) is 123 cm³/mol. The average Bonchev–Trinajstić information content (AvgIpc) is 3.12. The van der Waals surface area contributed by atoms with Gasteiger partial charge in [-0.05, 0) is 37.1 Å². The number of nitro groups is 1. The molecule has 11 heteroatoms. The van der Waals surface area contributed by atoms with Crippen molar-refractivity contribution < 1.29 is 33.6 Å². The summed E-state index contributed by atoms with van der Waals surface area (Å²) in [5.41, 5.74) is -0.176. The first-order valence-electron chi connectivity index (χ1n) is 10.7. The van der Waals surface area contributed by atoms with E-state index in [0.29, 0.717) is 18.6 Å². The molecule has 11 nitrogen and oxygen atoms in total. The van der Waals surface area contributed by atoms with Gasteiger partial charge >= 0.3 is 5.97 Å². The van der Waals surface area contributed by atoms with Crippen LogP contribution in [-0.2, 0) is 19.1 Å². The Morgan fingerprint density at radius 1 is 1.09 bits per heavy atom. The molecule has 3 amide bonds. The lowest BCUT2D eigenvalue weighted by molar-refractivity contribution is -0.383. The highest BCUT2D eigenvalue weighted by atomic mass is 16.6. The number of carbonyl (C=O) groups is 4. The molecule has 0 saturated carbocycles. The average molecular weight is 479 g/mol. The maximum absolute atomic E-state index is 12.8.